The maximum atomic E-state index is 13.5. The molecule has 1 aliphatic rings. The van der Waals surface area contributed by atoms with Crippen molar-refractivity contribution in [3.63, 3.8) is 0 Å². The van der Waals surface area contributed by atoms with Crippen LogP contribution < -0.4 is 4.90 Å². The van der Waals surface area contributed by atoms with Crippen LogP contribution in [-0.2, 0) is 0 Å². The third-order valence-electron chi connectivity index (χ3n) is 4.95. The molecule has 0 unspecified atom stereocenters. The molecule has 3 heterocycles. The van der Waals surface area contributed by atoms with Gasteiger partial charge >= 0.3 is 0 Å². The van der Waals surface area contributed by atoms with Crippen molar-refractivity contribution in [1.82, 2.24) is 14.8 Å². The van der Waals surface area contributed by atoms with Gasteiger partial charge in [-0.1, -0.05) is 11.6 Å². The van der Waals surface area contributed by atoms with Crippen LogP contribution in [0, 0.1) is 18.6 Å². The van der Waals surface area contributed by atoms with Gasteiger partial charge in [-0.25, -0.2) is 23.3 Å². The first kappa shape index (κ1) is 18.4. The Morgan fingerprint density at radius 1 is 0.967 bits per heavy atom. The summed E-state index contributed by atoms with van der Waals surface area (Å²) in [5.41, 5.74) is 1.84. The van der Waals surface area contributed by atoms with Crippen LogP contribution in [0.25, 0.3) is 16.7 Å². The molecule has 0 fully saturated rings. The van der Waals surface area contributed by atoms with E-state index >= 15 is 0 Å². The van der Waals surface area contributed by atoms with Crippen LogP contribution in [0.15, 0.2) is 48.7 Å². The van der Waals surface area contributed by atoms with Crippen LogP contribution in [-0.4, -0.2) is 26.6 Å². The predicted octanol–water partition coefficient (Wildman–Crippen LogP) is 4.46. The van der Waals surface area contributed by atoms with Crippen molar-refractivity contribution in [1.29, 1.82) is 0 Å². The Morgan fingerprint density at radius 3 is 2.37 bits per heavy atom. The van der Waals surface area contributed by atoms with Crippen molar-refractivity contribution in [2.45, 2.75) is 6.92 Å². The maximum Gasteiger partial charge on any atom is 0.267 e. The highest BCUT2D eigenvalue weighted by Gasteiger charge is 2.40. The summed E-state index contributed by atoms with van der Waals surface area (Å²) < 4.78 is 28.3. The lowest BCUT2D eigenvalue weighted by molar-refractivity contribution is 0.0926. The first-order chi connectivity index (χ1) is 14.4. The molecule has 5 rings (SSSR count). The second-order valence-electron chi connectivity index (χ2n) is 6.76. The molecule has 9 heteroatoms. The number of aryl methyl sites for hydroxylation is 1. The molecule has 1 aliphatic heterocycles. The molecule has 0 bridgehead atoms. The fourth-order valence-electron chi connectivity index (χ4n) is 3.58. The number of aromatic nitrogens is 3. The molecule has 148 valence electrons. The van der Waals surface area contributed by atoms with Crippen molar-refractivity contribution < 1.29 is 18.4 Å². The third kappa shape index (κ3) is 2.54. The summed E-state index contributed by atoms with van der Waals surface area (Å²) in [6, 6.07) is 9.28. The molecule has 0 radical (unpaired) electrons. The van der Waals surface area contributed by atoms with E-state index in [1.165, 1.54) is 47.3 Å². The van der Waals surface area contributed by atoms with Gasteiger partial charge in [-0.05, 0) is 49.4 Å². The van der Waals surface area contributed by atoms with Gasteiger partial charge in [0.15, 0.2) is 5.65 Å². The average molecular weight is 425 g/mol. The van der Waals surface area contributed by atoms with E-state index in [1.54, 1.807) is 6.92 Å². The Balaban J connectivity index is 1.70. The Labute approximate surface area is 173 Å². The van der Waals surface area contributed by atoms with Crippen molar-refractivity contribution in [3.05, 3.63) is 82.1 Å². The SMILES string of the molecule is Cc1nn(-c2ccc(F)cc2)c2ncc3c(c12)C(=O)N(c1ccc(F)c(Cl)c1)C3=O. The lowest BCUT2D eigenvalue weighted by Crippen LogP contribution is -2.29. The van der Waals surface area contributed by atoms with Gasteiger partial charge in [-0.3, -0.25) is 9.59 Å². The number of hydrogen-bond donors (Lipinski definition) is 0. The minimum Gasteiger partial charge on any atom is -0.268 e. The standard InChI is InChI=1S/C21H11ClF2N4O2/c1-10-17-18-14(9-25-19(17)28(26-10)12-4-2-11(23)3-5-12)20(29)27(21(18)30)13-6-7-16(24)15(22)8-13/h2-9H,1H3. The van der Waals surface area contributed by atoms with Gasteiger partial charge in [0, 0.05) is 6.20 Å². The number of hydrogen-bond acceptors (Lipinski definition) is 4. The highest BCUT2D eigenvalue weighted by Crippen LogP contribution is 2.35. The van der Waals surface area contributed by atoms with Crippen molar-refractivity contribution in [3.8, 4) is 5.69 Å². The minimum atomic E-state index is -0.655. The van der Waals surface area contributed by atoms with Crippen molar-refractivity contribution in [2.24, 2.45) is 0 Å². The van der Waals surface area contributed by atoms with Crippen molar-refractivity contribution in [2.75, 3.05) is 4.90 Å². The summed E-state index contributed by atoms with van der Waals surface area (Å²) in [5, 5.41) is 4.65. The first-order valence-electron chi connectivity index (χ1n) is 8.85. The molecular weight excluding hydrogens is 414 g/mol. The van der Waals surface area contributed by atoms with Crippen LogP contribution in [0.5, 0.6) is 0 Å². The van der Waals surface area contributed by atoms with E-state index in [4.69, 9.17) is 11.6 Å². The van der Waals surface area contributed by atoms with Crippen LogP contribution in [0.4, 0.5) is 14.5 Å². The third-order valence-corrected chi connectivity index (χ3v) is 5.24. The largest absolute Gasteiger partial charge is 0.268 e. The molecule has 2 aromatic carbocycles. The van der Waals surface area contributed by atoms with E-state index in [-0.39, 0.29) is 21.8 Å². The molecule has 0 saturated heterocycles. The molecule has 2 amide bonds. The van der Waals surface area contributed by atoms with Gasteiger partial charge in [0.2, 0.25) is 0 Å². The second-order valence-corrected chi connectivity index (χ2v) is 7.17. The molecule has 0 saturated carbocycles. The topological polar surface area (TPSA) is 68.1 Å². The molecule has 0 atom stereocenters. The Hall–Kier alpha value is -3.65. The van der Waals surface area contributed by atoms with Crippen LogP contribution in [0.3, 0.4) is 0 Å². The number of carbonyl (C=O) groups is 2. The zero-order valence-electron chi connectivity index (χ0n) is 15.4. The lowest BCUT2D eigenvalue weighted by Gasteiger charge is -2.14. The number of benzene rings is 2. The number of amides is 2. The zero-order chi connectivity index (χ0) is 21.2. The van der Waals surface area contributed by atoms with Gasteiger partial charge in [-0.15, -0.1) is 0 Å². The van der Waals surface area contributed by atoms with Gasteiger partial charge in [0.05, 0.1) is 38.6 Å². The number of carbonyl (C=O) groups excluding carboxylic acids is 2. The number of fused-ring (bicyclic) bond motifs is 3. The van der Waals surface area contributed by atoms with E-state index in [9.17, 15) is 18.4 Å². The summed E-state index contributed by atoms with van der Waals surface area (Å²) in [7, 11) is 0. The van der Waals surface area contributed by atoms with Crippen LogP contribution in [0.2, 0.25) is 5.02 Å². The number of imide groups is 1. The number of nitrogens with zero attached hydrogens (tertiary/aromatic N) is 4. The van der Waals surface area contributed by atoms with Crippen LogP contribution >= 0.6 is 11.6 Å². The van der Waals surface area contributed by atoms with Gasteiger partial charge in [0.1, 0.15) is 11.6 Å². The smallest absolute Gasteiger partial charge is 0.267 e. The highest BCUT2D eigenvalue weighted by atomic mass is 35.5. The Morgan fingerprint density at radius 2 is 1.67 bits per heavy atom. The maximum absolute atomic E-state index is 13.5. The molecule has 2 aromatic heterocycles. The van der Waals surface area contributed by atoms with E-state index in [0.717, 1.165) is 11.0 Å². The Kier molecular flexibility index (Phi) is 3.94. The summed E-state index contributed by atoms with van der Waals surface area (Å²) >= 11 is 5.82. The molecular formula is C21H11ClF2N4O2. The number of halogens is 3. The number of pyridine rings is 1. The van der Waals surface area contributed by atoms with Gasteiger partial charge < -0.3 is 0 Å². The van der Waals surface area contributed by atoms with Gasteiger partial charge in [0.25, 0.3) is 11.8 Å². The fraction of sp³-hybridized carbons (Fsp3) is 0.0476. The zero-order valence-corrected chi connectivity index (χ0v) is 16.1. The Bertz CT molecular complexity index is 1380. The molecule has 6 nitrogen and oxygen atoms in total. The summed E-state index contributed by atoms with van der Waals surface area (Å²) in [6.07, 6.45) is 1.31. The van der Waals surface area contributed by atoms with E-state index in [2.05, 4.69) is 10.1 Å². The summed E-state index contributed by atoms with van der Waals surface area (Å²) in [4.78, 5) is 31.4. The number of anilines is 1. The van der Waals surface area contributed by atoms with E-state index < -0.39 is 23.4 Å². The quantitative estimate of drug-likeness (QED) is 0.445. The van der Waals surface area contributed by atoms with E-state index in [0.29, 0.717) is 22.4 Å². The minimum absolute atomic E-state index is 0.120. The molecule has 0 aliphatic carbocycles. The fourth-order valence-corrected chi connectivity index (χ4v) is 3.76. The first-order valence-corrected chi connectivity index (χ1v) is 9.22. The van der Waals surface area contributed by atoms with Crippen LogP contribution in [0.1, 0.15) is 26.4 Å². The predicted molar refractivity (Wildman–Crippen MR) is 106 cm³/mol. The monoisotopic (exact) mass is 424 g/mol. The highest BCUT2D eigenvalue weighted by molar-refractivity contribution is 6.38. The van der Waals surface area contributed by atoms with Gasteiger partial charge in [-0.2, -0.15) is 5.10 Å². The van der Waals surface area contributed by atoms with Crippen molar-refractivity contribution >= 4 is 40.1 Å². The second kappa shape index (κ2) is 6.43. The number of rotatable bonds is 2. The summed E-state index contributed by atoms with van der Waals surface area (Å²) in [5.74, 6) is -2.21. The molecule has 30 heavy (non-hydrogen) atoms. The average Bonchev–Trinajstić information content (AvgIpc) is 3.19. The molecule has 4 aromatic rings. The summed E-state index contributed by atoms with van der Waals surface area (Å²) in [6.45, 7) is 1.69. The molecule has 0 spiro atoms. The van der Waals surface area contributed by atoms with E-state index in [1.807, 2.05) is 0 Å². The molecule has 0 N–H and O–H groups in total. The normalized spacial score (nSPS) is 13.4. The lowest BCUT2D eigenvalue weighted by atomic mass is 10.1.